The average Bonchev–Trinajstić information content (AvgIpc) is 3.98. The van der Waals surface area contributed by atoms with Gasteiger partial charge >= 0.3 is 12.0 Å². The van der Waals surface area contributed by atoms with E-state index in [1.165, 1.54) is 23.5 Å². The number of para-hydroxylation sites is 1. The van der Waals surface area contributed by atoms with Gasteiger partial charge in [-0.3, -0.25) is 19.3 Å². The number of morpholine rings is 1. The maximum atomic E-state index is 16.5. The minimum absolute atomic E-state index is 0.0391. The molecule has 0 bridgehead atoms. The first-order valence-electron chi connectivity index (χ1n) is 21.7. The van der Waals surface area contributed by atoms with Crippen molar-refractivity contribution in [1.82, 2.24) is 15.2 Å². The van der Waals surface area contributed by atoms with E-state index in [1.807, 2.05) is 127 Å². The number of carbonyl (C=O) groups is 4. The lowest BCUT2D eigenvalue weighted by atomic mass is 9.65. The molecule has 3 aliphatic heterocycles. The second kappa shape index (κ2) is 17.4. The maximum absolute atomic E-state index is 16.5. The van der Waals surface area contributed by atoms with Crippen molar-refractivity contribution in [2.45, 2.75) is 49.0 Å². The monoisotopic (exact) mass is 893 g/mol. The number of nitrogens with one attached hydrogen (secondary N) is 2. The fourth-order valence-corrected chi connectivity index (χ4v) is 10.9. The largest absolute Gasteiger partial charge is 0.508 e. The number of ether oxygens (including phenoxy) is 1. The van der Waals surface area contributed by atoms with E-state index in [9.17, 15) is 15.0 Å². The molecule has 0 saturated carbocycles. The Morgan fingerprint density at radius 3 is 2.18 bits per heavy atom. The number of hydrogen-bond acceptors (Lipinski definition) is 10. The molecule has 0 radical (unpaired) electrons. The first-order valence-corrected chi connectivity index (χ1v) is 22.5. The third-order valence-corrected chi connectivity index (χ3v) is 13.7. The zero-order valence-electron chi connectivity index (χ0n) is 35.6. The molecule has 6 aromatic carbocycles. The molecule has 12 nitrogen and oxygen atoms in total. The van der Waals surface area contributed by atoms with Crippen molar-refractivity contribution in [2.24, 2.45) is 5.92 Å². The number of rotatable bonds is 8. The summed E-state index contributed by atoms with van der Waals surface area (Å²) in [5.41, 5.74) is 2.29. The quantitative estimate of drug-likeness (QED) is 0.0866. The zero-order valence-corrected chi connectivity index (χ0v) is 36.4. The molecule has 7 unspecified atom stereocenters. The average molecular weight is 894 g/mol. The Balaban J connectivity index is 1.26. The normalized spacial score (nSPS) is 22.5. The predicted molar refractivity (Wildman–Crippen MR) is 250 cm³/mol. The van der Waals surface area contributed by atoms with Crippen LogP contribution in [0.15, 0.2) is 158 Å². The molecule has 7 aromatic rings. The molecule has 0 aliphatic carbocycles. The third kappa shape index (κ3) is 7.16. The number of urea groups is 1. The molecule has 13 heteroatoms. The van der Waals surface area contributed by atoms with Crippen molar-refractivity contribution in [3.8, 4) is 17.6 Å². The summed E-state index contributed by atoms with van der Waals surface area (Å²) in [4.78, 5) is 70.4. The van der Waals surface area contributed by atoms with Gasteiger partial charge < -0.3 is 25.6 Å². The molecule has 4 heterocycles. The van der Waals surface area contributed by atoms with Crippen LogP contribution in [-0.4, -0.2) is 56.6 Å². The number of aromatic nitrogens is 1. The van der Waals surface area contributed by atoms with Crippen LogP contribution in [0.1, 0.15) is 71.0 Å². The van der Waals surface area contributed by atoms with E-state index in [-0.39, 0.29) is 29.6 Å². The van der Waals surface area contributed by atoms with Crippen molar-refractivity contribution in [3.05, 3.63) is 191 Å². The van der Waals surface area contributed by atoms with Crippen LogP contribution >= 0.6 is 11.3 Å². The summed E-state index contributed by atoms with van der Waals surface area (Å²) >= 11 is 1.25. The summed E-state index contributed by atoms with van der Waals surface area (Å²) in [7, 11) is 0. The van der Waals surface area contributed by atoms with Crippen LogP contribution in [0.25, 0.3) is 10.2 Å². The summed E-state index contributed by atoms with van der Waals surface area (Å²) < 4.78 is 7.38. The fourth-order valence-electron chi connectivity index (χ4n) is 10.0. The number of thiazole rings is 1. The third-order valence-electron chi connectivity index (χ3n) is 12.8. The minimum Gasteiger partial charge on any atom is -0.508 e. The molecule has 4 N–H and O–H groups in total. The molecule has 10 rings (SSSR count). The second-order valence-electron chi connectivity index (χ2n) is 16.6. The number of benzene rings is 6. The van der Waals surface area contributed by atoms with Crippen LogP contribution in [-0.2, 0) is 24.5 Å². The van der Waals surface area contributed by atoms with Crippen LogP contribution in [0.3, 0.4) is 0 Å². The highest BCUT2D eigenvalue weighted by Gasteiger charge is 2.75. The van der Waals surface area contributed by atoms with E-state index in [0.29, 0.717) is 27.8 Å². The Kier molecular flexibility index (Phi) is 11.2. The number of anilines is 2. The number of cyclic esters (lactones) is 1. The van der Waals surface area contributed by atoms with E-state index >= 15 is 14.4 Å². The molecule has 1 spiro atoms. The Hall–Kier alpha value is -7.63. The van der Waals surface area contributed by atoms with E-state index in [1.54, 1.807) is 30.3 Å². The molecular formula is C53H43N5O7S. The van der Waals surface area contributed by atoms with Crippen molar-refractivity contribution < 1.29 is 34.1 Å². The maximum Gasteiger partial charge on any atom is 0.329 e. The Labute approximate surface area is 384 Å². The molecule has 1 aromatic heterocycles. The van der Waals surface area contributed by atoms with Gasteiger partial charge in [-0.05, 0) is 77.2 Å². The fraction of sp³-hybridized carbons (Fsp3) is 0.189. The molecule has 328 valence electrons. The summed E-state index contributed by atoms with van der Waals surface area (Å²) in [6.45, 7) is 1.64. The summed E-state index contributed by atoms with van der Waals surface area (Å²) in [6.07, 6.45) is -0.740. The molecular weight excluding hydrogens is 851 g/mol. The molecule has 2 fully saturated rings. The molecule has 3 aliphatic rings. The highest BCUT2D eigenvalue weighted by molar-refractivity contribution is 7.22. The Morgan fingerprint density at radius 2 is 1.48 bits per heavy atom. The van der Waals surface area contributed by atoms with Gasteiger partial charge in [0.25, 0.3) is 0 Å². The first-order chi connectivity index (χ1) is 32.2. The van der Waals surface area contributed by atoms with Gasteiger partial charge in [0.2, 0.25) is 11.8 Å². The van der Waals surface area contributed by atoms with Gasteiger partial charge in [0.05, 0.1) is 46.6 Å². The summed E-state index contributed by atoms with van der Waals surface area (Å²) in [5, 5.41) is 26.7. The van der Waals surface area contributed by atoms with Gasteiger partial charge in [-0.2, -0.15) is 0 Å². The number of phenols is 1. The predicted octanol–water partition coefficient (Wildman–Crippen LogP) is 8.51. The van der Waals surface area contributed by atoms with E-state index in [4.69, 9.17) is 9.72 Å². The number of nitrogens with zero attached hydrogens (tertiary/aromatic N) is 3. The van der Waals surface area contributed by atoms with Gasteiger partial charge in [-0.25, -0.2) is 14.7 Å². The number of imide groups is 1. The number of hydrogen-bond donors (Lipinski definition) is 4. The van der Waals surface area contributed by atoms with Crippen LogP contribution in [0.2, 0.25) is 0 Å². The topological polar surface area (TPSA) is 161 Å². The van der Waals surface area contributed by atoms with Crippen LogP contribution in [0, 0.1) is 17.8 Å². The van der Waals surface area contributed by atoms with Crippen LogP contribution < -0.4 is 15.5 Å². The van der Waals surface area contributed by atoms with Crippen LogP contribution in [0.4, 0.5) is 15.6 Å². The lowest BCUT2D eigenvalue weighted by Crippen LogP contribution is -2.55. The molecule has 66 heavy (non-hydrogen) atoms. The van der Waals surface area contributed by atoms with Crippen molar-refractivity contribution >= 4 is 56.2 Å². The number of carbonyl (C=O) groups excluding carboxylic acids is 4. The van der Waals surface area contributed by atoms with Gasteiger partial charge in [-0.15, -0.1) is 0 Å². The van der Waals surface area contributed by atoms with Crippen molar-refractivity contribution in [2.75, 3.05) is 16.8 Å². The summed E-state index contributed by atoms with van der Waals surface area (Å²) in [5.74, 6) is 2.30. The Morgan fingerprint density at radius 1 is 0.818 bits per heavy atom. The van der Waals surface area contributed by atoms with Crippen molar-refractivity contribution in [3.63, 3.8) is 0 Å². The number of esters is 1. The van der Waals surface area contributed by atoms with Crippen LogP contribution in [0.5, 0.6) is 5.75 Å². The van der Waals surface area contributed by atoms with Gasteiger partial charge in [0.15, 0.2) is 5.13 Å². The minimum atomic E-state index is -2.04. The van der Waals surface area contributed by atoms with Crippen molar-refractivity contribution in [1.29, 1.82) is 0 Å². The van der Waals surface area contributed by atoms with Gasteiger partial charge in [0, 0.05) is 12.0 Å². The SMILES string of the molecule is CC(NC(=O)N1C(=O)C2(c3cc(C#CCCO)ccc31)C(C(=O)Nc1nc3ccccc3s1)C1C(=O)OC(c3ccccc3)C(c3ccccc3)N1C2c1ccc(O)cc1)c1ccccc1. The van der Waals surface area contributed by atoms with Gasteiger partial charge in [0.1, 0.15) is 23.3 Å². The number of fused-ring (bicyclic) bond motifs is 4. The first kappa shape index (κ1) is 42.3. The Bertz CT molecular complexity index is 3010. The smallest absolute Gasteiger partial charge is 0.329 e. The number of amides is 4. The molecule has 7 atom stereocenters. The van der Waals surface area contributed by atoms with Gasteiger partial charge in [-0.1, -0.05) is 138 Å². The molecule has 2 saturated heterocycles. The standard InChI is InChI=1S/C53H43N5O7S/c1-32(34-16-5-2-6-17-34)54-52(64)57-41-29-24-33(15-13-14-30-59)31-39(41)53(50(57)63)43(48(61)56-51-55-40-22-11-12-23-42(40)66-51)45-49(62)65-46(36-20-9-4-10-21-36)44(35-18-7-3-8-19-35)58(45)47(53)37-25-27-38(60)28-26-37/h2-12,16-29,31-32,43-47,59-60H,14,30H2,1H3,(H,54,64)(H,55,56,61). The number of phenolic OH excluding ortho intramolecular Hbond substituents is 1. The number of aliphatic hydroxyl groups excluding tert-OH is 1. The highest BCUT2D eigenvalue weighted by Crippen LogP contribution is 2.66. The van der Waals surface area contributed by atoms with E-state index < -0.39 is 65.4 Å². The summed E-state index contributed by atoms with van der Waals surface area (Å²) in [6, 6.07) is 42.4. The number of aliphatic hydroxyl groups is 1. The van der Waals surface area contributed by atoms with E-state index in [2.05, 4.69) is 22.5 Å². The van der Waals surface area contributed by atoms with E-state index in [0.717, 1.165) is 20.7 Å². The zero-order chi connectivity index (χ0) is 45.5. The lowest BCUT2D eigenvalue weighted by molar-refractivity contribution is -0.177. The number of aromatic hydroxyl groups is 1. The highest BCUT2D eigenvalue weighted by atomic mass is 32.1. The lowest BCUT2D eigenvalue weighted by Gasteiger charge is -2.46. The molecule has 4 amide bonds. The second-order valence-corrected chi connectivity index (χ2v) is 17.6.